The molecule has 1 aliphatic rings. The highest BCUT2D eigenvalue weighted by Crippen LogP contribution is 2.23. The minimum absolute atomic E-state index is 0.678. The lowest BCUT2D eigenvalue weighted by molar-refractivity contribution is 0.929. The van der Waals surface area contributed by atoms with Crippen LogP contribution in [0.3, 0.4) is 0 Å². The lowest BCUT2D eigenvalue weighted by Gasteiger charge is -2.20. The average Bonchev–Trinajstić information content (AvgIpc) is 2.79. The molecule has 18 heavy (non-hydrogen) atoms. The van der Waals surface area contributed by atoms with Gasteiger partial charge in [0.15, 0.2) is 5.65 Å². The first-order valence-corrected chi connectivity index (χ1v) is 8.28. The van der Waals surface area contributed by atoms with Crippen molar-refractivity contribution in [1.29, 1.82) is 0 Å². The number of hydrogen-bond donors (Lipinski definition) is 1. The van der Waals surface area contributed by atoms with E-state index in [1.165, 1.54) is 22.8 Å². The molecule has 1 unspecified atom stereocenters. The van der Waals surface area contributed by atoms with Gasteiger partial charge in [-0.3, -0.25) is 0 Å². The monoisotopic (exact) mass is 280 g/mol. The van der Waals surface area contributed by atoms with Crippen molar-refractivity contribution >= 4 is 35.1 Å². The molecule has 0 saturated carbocycles. The van der Waals surface area contributed by atoms with Crippen LogP contribution in [0.25, 0.3) is 5.65 Å². The number of nitrogens with one attached hydrogen (secondary N) is 1. The van der Waals surface area contributed by atoms with Gasteiger partial charge in [-0.15, -0.1) is 5.10 Å². The van der Waals surface area contributed by atoms with Crippen LogP contribution in [0.4, 0.5) is 5.95 Å². The SMILES string of the molecule is Cc1ccc2nc(NCC3CSCCS3)nn2c1. The molecule has 0 spiro atoms. The topological polar surface area (TPSA) is 42.2 Å². The molecule has 0 aliphatic carbocycles. The maximum atomic E-state index is 4.46. The number of pyridine rings is 1. The molecule has 6 heteroatoms. The van der Waals surface area contributed by atoms with Gasteiger partial charge in [0.25, 0.3) is 0 Å². The molecule has 3 rings (SSSR count). The van der Waals surface area contributed by atoms with Crippen molar-refractivity contribution in [2.45, 2.75) is 12.2 Å². The van der Waals surface area contributed by atoms with Crippen LogP contribution >= 0.6 is 23.5 Å². The van der Waals surface area contributed by atoms with Crippen LogP contribution in [-0.4, -0.2) is 43.7 Å². The summed E-state index contributed by atoms with van der Waals surface area (Å²) in [6.45, 7) is 3.01. The Bertz CT molecular complexity index is 534. The summed E-state index contributed by atoms with van der Waals surface area (Å²) in [5, 5.41) is 8.46. The Labute approximate surface area is 115 Å². The van der Waals surface area contributed by atoms with Gasteiger partial charge in [0, 0.05) is 35.3 Å². The molecule has 0 bridgehead atoms. The predicted octanol–water partition coefficient (Wildman–Crippen LogP) is 2.30. The fourth-order valence-corrected chi connectivity index (χ4v) is 4.53. The van der Waals surface area contributed by atoms with Crippen LogP contribution in [0.5, 0.6) is 0 Å². The third kappa shape index (κ3) is 2.75. The quantitative estimate of drug-likeness (QED) is 0.934. The highest BCUT2D eigenvalue weighted by atomic mass is 32.2. The van der Waals surface area contributed by atoms with Crippen molar-refractivity contribution in [1.82, 2.24) is 14.6 Å². The Morgan fingerprint density at radius 2 is 2.39 bits per heavy atom. The molecule has 1 N–H and O–H groups in total. The molecule has 1 aliphatic heterocycles. The fourth-order valence-electron chi connectivity index (χ4n) is 1.92. The van der Waals surface area contributed by atoms with Crippen LogP contribution < -0.4 is 5.32 Å². The number of nitrogens with zero attached hydrogens (tertiary/aromatic N) is 3. The molecule has 1 saturated heterocycles. The standard InChI is InChI=1S/C12H16N4S2/c1-9-2-3-11-14-12(15-16(11)7-9)13-6-10-8-17-4-5-18-10/h2-3,7,10H,4-6,8H2,1H3,(H,13,15). The van der Waals surface area contributed by atoms with E-state index in [1.807, 2.05) is 40.3 Å². The zero-order valence-electron chi connectivity index (χ0n) is 10.3. The number of aromatic nitrogens is 3. The Balaban J connectivity index is 1.67. The first kappa shape index (κ1) is 12.2. The molecule has 4 nitrogen and oxygen atoms in total. The number of fused-ring (bicyclic) bond motifs is 1. The second kappa shape index (κ2) is 5.40. The van der Waals surface area contributed by atoms with Gasteiger partial charge in [-0.1, -0.05) is 6.07 Å². The summed E-state index contributed by atoms with van der Waals surface area (Å²) in [6, 6.07) is 4.06. The zero-order valence-corrected chi connectivity index (χ0v) is 11.9. The molecule has 2 aromatic heterocycles. The maximum Gasteiger partial charge on any atom is 0.243 e. The van der Waals surface area contributed by atoms with E-state index in [-0.39, 0.29) is 0 Å². The highest BCUT2D eigenvalue weighted by Gasteiger charge is 2.14. The van der Waals surface area contributed by atoms with E-state index in [2.05, 4.69) is 28.4 Å². The number of aryl methyl sites for hydroxylation is 1. The molecule has 1 atom stereocenters. The van der Waals surface area contributed by atoms with Crippen LogP contribution in [0, 0.1) is 6.92 Å². The normalized spacial score (nSPS) is 20.2. The summed E-state index contributed by atoms with van der Waals surface area (Å²) in [7, 11) is 0. The van der Waals surface area contributed by atoms with Gasteiger partial charge >= 0.3 is 0 Å². The van der Waals surface area contributed by atoms with Crippen LogP contribution in [0.15, 0.2) is 18.3 Å². The van der Waals surface area contributed by atoms with Crippen molar-refractivity contribution in [3.8, 4) is 0 Å². The van der Waals surface area contributed by atoms with E-state index in [4.69, 9.17) is 0 Å². The summed E-state index contributed by atoms with van der Waals surface area (Å²) >= 11 is 4.08. The van der Waals surface area contributed by atoms with Crippen molar-refractivity contribution in [2.75, 3.05) is 29.1 Å². The molecule has 96 valence electrons. The third-order valence-corrected chi connectivity index (χ3v) is 5.70. The first-order chi connectivity index (χ1) is 8.81. The minimum Gasteiger partial charge on any atom is -0.352 e. The van der Waals surface area contributed by atoms with Crippen molar-refractivity contribution in [3.05, 3.63) is 23.9 Å². The van der Waals surface area contributed by atoms with Crippen molar-refractivity contribution in [2.24, 2.45) is 0 Å². The van der Waals surface area contributed by atoms with Crippen molar-refractivity contribution in [3.63, 3.8) is 0 Å². The van der Waals surface area contributed by atoms with E-state index < -0.39 is 0 Å². The molecule has 0 aromatic carbocycles. The number of rotatable bonds is 3. The van der Waals surface area contributed by atoms with Crippen molar-refractivity contribution < 1.29 is 0 Å². The van der Waals surface area contributed by atoms with E-state index in [0.29, 0.717) is 5.25 Å². The summed E-state index contributed by atoms with van der Waals surface area (Å²) in [5.74, 6) is 4.50. The number of anilines is 1. The number of thioether (sulfide) groups is 2. The predicted molar refractivity (Wildman–Crippen MR) is 79.8 cm³/mol. The zero-order chi connectivity index (χ0) is 12.4. The molecule has 3 heterocycles. The van der Waals surface area contributed by atoms with Crippen LogP contribution in [0.1, 0.15) is 5.56 Å². The minimum atomic E-state index is 0.678. The van der Waals surface area contributed by atoms with Gasteiger partial charge in [0.1, 0.15) is 0 Å². The summed E-state index contributed by atoms with van der Waals surface area (Å²) < 4.78 is 1.83. The lowest BCUT2D eigenvalue weighted by atomic mass is 10.3. The Hall–Kier alpha value is -0.880. The molecule has 0 amide bonds. The van der Waals surface area contributed by atoms with Gasteiger partial charge in [-0.25, -0.2) is 4.52 Å². The second-order valence-corrected chi connectivity index (χ2v) is 6.95. The fraction of sp³-hybridized carbons (Fsp3) is 0.500. The Morgan fingerprint density at radius 1 is 1.44 bits per heavy atom. The average molecular weight is 280 g/mol. The summed E-state index contributed by atoms with van der Waals surface area (Å²) in [6.07, 6.45) is 2.00. The molecule has 0 radical (unpaired) electrons. The smallest absolute Gasteiger partial charge is 0.243 e. The largest absolute Gasteiger partial charge is 0.352 e. The van der Waals surface area contributed by atoms with E-state index in [1.54, 1.807) is 0 Å². The first-order valence-electron chi connectivity index (χ1n) is 6.07. The van der Waals surface area contributed by atoms with Crippen LogP contribution in [-0.2, 0) is 0 Å². The van der Waals surface area contributed by atoms with E-state index in [9.17, 15) is 0 Å². The van der Waals surface area contributed by atoms with Crippen LogP contribution in [0.2, 0.25) is 0 Å². The van der Waals surface area contributed by atoms with E-state index >= 15 is 0 Å². The van der Waals surface area contributed by atoms with Gasteiger partial charge in [-0.05, 0) is 18.6 Å². The Kier molecular flexibility index (Phi) is 3.65. The van der Waals surface area contributed by atoms with Gasteiger partial charge in [0.05, 0.1) is 0 Å². The maximum absolute atomic E-state index is 4.46. The van der Waals surface area contributed by atoms with Gasteiger partial charge in [0.2, 0.25) is 5.95 Å². The molecular weight excluding hydrogens is 264 g/mol. The molecule has 1 fully saturated rings. The number of hydrogen-bond acceptors (Lipinski definition) is 5. The highest BCUT2D eigenvalue weighted by molar-refractivity contribution is 8.06. The van der Waals surface area contributed by atoms with E-state index in [0.717, 1.165) is 18.1 Å². The summed E-state index contributed by atoms with van der Waals surface area (Å²) in [4.78, 5) is 4.46. The molecule has 2 aromatic rings. The second-order valence-electron chi connectivity index (χ2n) is 4.39. The Morgan fingerprint density at radius 3 is 3.22 bits per heavy atom. The lowest BCUT2D eigenvalue weighted by Crippen LogP contribution is -2.23. The summed E-state index contributed by atoms with van der Waals surface area (Å²) in [5.41, 5.74) is 2.09. The van der Waals surface area contributed by atoms with Gasteiger partial charge < -0.3 is 5.32 Å². The van der Waals surface area contributed by atoms with Gasteiger partial charge in [-0.2, -0.15) is 28.5 Å². The third-order valence-electron chi connectivity index (χ3n) is 2.85. The molecular formula is C12H16N4S2.